The van der Waals surface area contributed by atoms with Gasteiger partial charge in [-0.2, -0.15) is 0 Å². The third kappa shape index (κ3) is 3.89. The van der Waals surface area contributed by atoms with Gasteiger partial charge in [0.05, 0.1) is 28.3 Å². The number of nitro benzene ring substituents is 2. The van der Waals surface area contributed by atoms with Crippen molar-refractivity contribution in [2.45, 2.75) is 6.54 Å². The van der Waals surface area contributed by atoms with Crippen molar-refractivity contribution in [3.8, 4) is 11.3 Å². The minimum Gasteiger partial charge on any atom is -0.467 e. The van der Waals surface area contributed by atoms with E-state index in [-0.39, 0.29) is 17.1 Å². The van der Waals surface area contributed by atoms with Crippen LogP contribution < -0.4 is 4.80 Å². The second-order valence-corrected chi connectivity index (χ2v) is 7.07. The number of hydrogen-bond donors (Lipinski definition) is 0. The maximum Gasteiger partial charge on any atom is 0.294 e. The fraction of sp³-hybridized carbons (Fsp3) is 0.0500. The van der Waals surface area contributed by atoms with E-state index in [1.165, 1.54) is 29.5 Å². The summed E-state index contributed by atoms with van der Waals surface area (Å²) in [6.45, 7) is 0.349. The Balaban J connectivity index is 1.86. The van der Waals surface area contributed by atoms with Crippen LogP contribution in [0.4, 0.5) is 17.1 Å². The first-order valence-electron chi connectivity index (χ1n) is 8.76. The molecule has 0 N–H and O–H groups in total. The highest BCUT2D eigenvalue weighted by Gasteiger charge is 2.15. The predicted molar refractivity (Wildman–Crippen MR) is 111 cm³/mol. The van der Waals surface area contributed by atoms with Gasteiger partial charge in [-0.1, -0.05) is 12.1 Å². The fourth-order valence-electron chi connectivity index (χ4n) is 2.93. The van der Waals surface area contributed by atoms with Gasteiger partial charge in [0.25, 0.3) is 11.4 Å². The Kier molecular flexibility index (Phi) is 5.22. The molecule has 4 rings (SSSR count). The van der Waals surface area contributed by atoms with Crippen molar-refractivity contribution in [1.82, 2.24) is 4.57 Å². The number of rotatable bonds is 6. The van der Waals surface area contributed by atoms with Gasteiger partial charge in [-0.3, -0.25) is 20.2 Å². The Bertz CT molecular complexity index is 1270. The van der Waals surface area contributed by atoms with E-state index in [0.29, 0.717) is 17.1 Å². The molecular formula is C20H14N4O5S. The third-order valence-corrected chi connectivity index (χ3v) is 5.22. The van der Waals surface area contributed by atoms with Crippen molar-refractivity contribution in [2.75, 3.05) is 0 Å². The highest BCUT2D eigenvalue weighted by molar-refractivity contribution is 7.07. The quantitative estimate of drug-likeness (QED) is 0.323. The molecule has 0 bridgehead atoms. The second kappa shape index (κ2) is 8.13. The van der Waals surface area contributed by atoms with Crippen LogP contribution in [-0.2, 0) is 6.54 Å². The van der Waals surface area contributed by atoms with E-state index >= 15 is 0 Å². The number of para-hydroxylation sites is 2. The molecule has 0 unspecified atom stereocenters. The highest BCUT2D eigenvalue weighted by atomic mass is 32.1. The van der Waals surface area contributed by atoms with Crippen LogP contribution >= 0.6 is 11.3 Å². The molecule has 2 aromatic carbocycles. The first-order chi connectivity index (χ1) is 14.5. The lowest BCUT2D eigenvalue weighted by Crippen LogP contribution is -2.16. The van der Waals surface area contributed by atoms with Gasteiger partial charge >= 0.3 is 0 Å². The molecule has 0 aliphatic carbocycles. The molecule has 2 aromatic heterocycles. The molecule has 2 heterocycles. The maximum atomic E-state index is 11.3. The summed E-state index contributed by atoms with van der Waals surface area (Å²) in [5.74, 6) is 0.681. The molecule has 0 saturated carbocycles. The van der Waals surface area contributed by atoms with E-state index in [9.17, 15) is 20.2 Å². The van der Waals surface area contributed by atoms with Crippen molar-refractivity contribution in [3.63, 3.8) is 0 Å². The van der Waals surface area contributed by atoms with Gasteiger partial charge in [0, 0.05) is 23.6 Å². The average Bonchev–Trinajstić information content (AvgIpc) is 3.39. The van der Waals surface area contributed by atoms with Crippen LogP contribution in [-0.4, -0.2) is 14.4 Å². The standard InChI is InChI=1S/C20H14N4O5S/c25-23(26)15-9-7-14(8-10-15)19-13-30-20(22(19)12-16-4-3-11-29-16)21-17-5-1-2-6-18(17)24(27)28/h1-11,13H,12H2. The highest BCUT2D eigenvalue weighted by Crippen LogP contribution is 2.28. The zero-order valence-corrected chi connectivity index (χ0v) is 16.2. The molecule has 0 atom stereocenters. The molecule has 150 valence electrons. The van der Waals surface area contributed by atoms with Crippen molar-refractivity contribution >= 4 is 28.4 Å². The molecule has 0 fully saturated rings. The summed E-state index contributed by atoms with van der Waals surface area (Å²) in [5.41, 5.74) is 1.67. The van der Waals surface area contributed by atoms with Gasteiger partial charge in [0.2, 0.25) is 0 Å². The SMILES string of the molecule is O=[N+]([O-])c1ccc(-c2csc(=Nc3ccccc3[N+](=O)[O-])n2Cc2ccco2)cc1. The molecule has 0 saturated heterocycles. The van der Waals surface area contributed by atoms with E-state index in [2.05, 4.69) is 4.99 Å². The number of nitrogens with zero attached hydrogens (tertiary/aromatic N) is 4. The normalized spacial score (nSPS) is 11.5. The molecule has 0 amide bonds. The van der Waals surface area contributed by atoms with E-state index < -0.39 is 9.85 Å². The van der Waals surface area contributed by atoms with Crippen LogP contribution in [0, 0.1) is 20.2 Å². The minimum atomic E-state index is -0.472. The van der Waals surface area contributed by atoms with Crippen LogP contribution in [0.5, 0.6) is 0 Å². The van der Waals surface area contributed by atoms with Gasteiger partial charge in [0.1, 0.15) is 11.4 Å². The predicted octanol–water partition coefficient (Wildman–Crippen LogP) is 4.91. The van der Waals surface area contributed by atoms with Crippen LogP contribution in [0.25, 0.3) is 11.3 Å². The summed E-state index contributed by atoms with van der Waals surface area (Å²) in [6, 6.07) is 16.0. The summed E-state index contributed by atoms with van der Waals surface area (Å²) >= 11 is 1.32. The molecule has 4 aromatic rings. The largest absolute Gasteiger partial charge is 0.467 e. The van der Waals surface area contributed by atoms with Crippen molar-refractivity contribution in [2.24, 2.45) is 4.99 Å². The summed E-state index contributed by atoms with van der Waals surface area (Å²) in [7, 11) is 0. The van der Waals surface area contributed by atoms with E-state index in [1.54, 1.807) is 42.7 Å². The van der Waals surface area contributed by atoms with Crippen LogP contribution in [0.2, 0.25) is 0 Å². The van der Waals surface area contributed by atoms with Crippen LogP contribution in [0.15, 0.2) is 81.7 Å². The smallest absolute Gasteiger partial charge is 0.294 e. The number of non-ortho nitro benzene ring substituents is 1. The Morgan fingerprint density at radius 1 is 0.967 bits per heavy atom. The lowest BCUT2D eigenvalue weighted by Gasteiger charge is -2.08. The number of thiazole rings is 1. The molecule has 10 heteroatoms. The monoisotopic (exact) mass is 422 g/mol. The topological polar surface area (TPSA) is 117 Å². The fourth-order valence-corrected chi connectivity index (χ4v) is 3.85. The van der Waals surface area contributed by atoms with E-state index in [1.807, 2.05) is 16.0 Å². The lowest BCUT2D eigenvalue weighted by atomic mass is 10.1. The minimum absolute atomic E-state index is 0.00335. The van der Waals surface area contributed by atoms with Crippen LogP contribution in [0.1, 0.15) is 5.76 Å². The van der Waals surface area contributed by atoms with Crippen molar-refractivity contribution < 1.29 is 14.3 Å². The Hall–Kier alpha value is -4.05. The van der Waals surface area contributed by atoms with Gasteiger partial charge in [-0.05, 0) is 35.9 Å². The van der Waals surface area contributed by atoms with Crippen molar-refractivity contribution in [1.29, 1.82) is 0 Å². The van der Waals surface area contributed by atoms with E-state index in [0.717, 1.165) is 11.3 Å². The molecule has 9 nitrogen and oxygen atoms in total. The van der Waals surface area contributed by atoms with Crippen molar-refractivity contribution in [3.05, 3.63) is 103 Å². The third-order valence-electron chi connectivity index (χ3n) is 4.36. The molecule has 0 spiro atoms. The molecule has 0 radical (unpaired) electrons. The van der Waals surface area contributed by atoms with Gasteiger partial charge in [-0.25, -0.2) is 4.99 Å². The molecule has 0 aliphatic rings. The molecule has 30 heavy (non-hydrogen) atoms. The van der Waals surface area contributed by atoms with Gasteiger partial charge in [0.15, 0.2) is 4.80 Å². The Morgan fingerprint density at radius 2 is 1.73 bits per heavy atom. The molecular weight excluding hydrogens is 408 g/mol. The summed E-state index contributed by atoms with van der Waals surface area (Å²) < 4.78 is 7.32. The summed E-state index contributed by atoms with van der Waals surface area (Å²) in [5, 5.41) is 24.1. The summed E-state index contributed by atoms with van der Waals surface area (Å²) in [4.78, 5) is 26.4. The second-order valence-electron chi connectivity index (χ2n) is 6.23. The Morgan fingerprint density at radius 3 is 2.40 bits per heavy atom. The van der Waals surface area contributed by atoms with Gasteiger partial charge < -0.3 is 8.98 Å². The first-order valence-corrected chi connectivity index (χ1v) is 9.64. The zero-order valence-electron chi connectivity index (χ0n) is 15.4. The molecule has 0 aliphatic heterocycles. The maximum absolute atomic E-state index is 11.3. The number of nitro groups is 2. The number of aromatic nitrogens is 1. The summed E-state index contributed by atoms with van der Waals surface area (Å²) in [6.07, 6.45) is 1.56. The van der Waals surface area contributed by atoms with Crippen LogP contribution in [0.3, 0.4) is 0 Å². The van der Waals surface area contributed by atoms with E-state index in [4.69, 9.17) is 4.42 Å². The lowest BCUT2D eigenvalue weighted by molar-refractivity contribution is -0.384. The number of hydrogen-bond acceptors (Lipinski definition) is 7. The Labute approximate surface area is 173 Å². The first kappa shape index (κ1) is 19.3. The number of benzene rings is 2. The van der Waals surface area contributed by atoms with Gasteiger partial charge in [-0.15, -0.1) is 11.3 Å². The zero-order chi connectivity index (χ0) is 21.1. The number of furan rings is 1. The average molecular weight is 422 g/mol.